The average molecular weight is 265 g/mol. The highest BCUT2D eigenvalue weighted by Crippen LogP contribution is 2.33. The predicted molar refractivity (Wildman–Crippen MR) is 61.8 cm³/mol. The van der Waals surface area contributed by atoms with Crippen molar-refractivity contribution in [2.24, 2.45) is 0 Å². The first-order valence-electron chi connectivity index (χ1n) is 4.41. The van der Waals surface area contributed by atoms with Crippen molar-refractivity contribution in [3.8, 4) is 11.8 Å². The fourth-order valence-electron chi connectivity index (χ4n) is 1.07. The quantitative estimate of drug-likeness (QED) is 0.575. The van der Waals surface area contributed by atoms with Crippen LogP contribution in [0.3, 0.4) is 0 Å². The Kier molecular flexibility index (Phi) is 4.57. The molecule has 0 amide bonds. The maximum absolute atomic E-state index is 12.6. The minimum atomic E-state index is -4.43. The Bertz CT molecular complexity index is 429. The molecule has 1 aromatic rings. The van der Waals surface area contributed by atoms with Crippen molar-refractivity contribution >= 4 is 24.2 Å². The van der Waals surface area contributed by atoms with Gasteiger partial charge in [-0.1, -0.05) is 23.4 Å². The number of rotatable bonds is 1. The summed E-state index contributed by atoms with van der Waals surface area (Å²) in [5, 5.41) is 0.0482. The van der Waals surface area contributed by atoms with Crippen LogP contribution in [0.4, 0.5) is 13.2 Å². The number of halogens is 4. The van der Waals surface area contributed by atoms with Crippen LogP contribution >= 0.6 is 24.2 Å². The molecule has 0 N–H and O–H groups in total. The molecule has 0 nitrogen and oxygen atoms in total. The maximum atomic E-state index is 12.6. The van der Waals surface area contributed by atoms with Crippen molar-refractivity contribution in [1.82, 2.24) is 0 Å². The molecule has 0 radical (unpaired) electrons. The maximum Gasteiger partial charge on any atom is 0.417 e. The highest BCUT2D eigenvalue weighted by Gasteiger charge is 2.33. The van der Waals surface area contributed by atoms with E-state index in [2.05, 4.69) is 24.5 Å². The first-order valence-corrected chi connectivity index (χ1v) is 5.42. The standard InChI is InChI=1S/C11H8ClF3S/c12-9-5-4-8(3-1-2-6-16)10(7-9)11(13,14)15/h4-5,7,16H,2,6H2. The molecule has 86 valence electrons. The fourth-order valence-corrected chi connectivity index (χ4v) is 1.36. The lowest BCUT2D eigenvalue weighted by Gasteiger charge is -2.09. The summed E-state index contributed by atoms with van der Waals surface area (Å²) in [7, 11) is 0. The zero-order valence-corrected chi connectivity index (χ0v) is 9.76. The summed E-state index contributed by atoms with van der Waals surface area (Å²) in [5.41, 5.74) is -0.856. The molecule has 0 unspecified atom stereocenters. The third-order valence-corrected chi connectivity index (χ3v) is 2.21. The van der Waals surface area contributed by atoms with Gasteiger partial charge in [0.2, 0.25) is 0 Å². The summed E-state index contributed by atoms with van der Waals surface area (Å²) >= 11 is 9.44. The molecule has 0 aromatic heterocycles. The topological polar surface area (TPSA) is 0 Å². The Morgan fingerprint density at radius 3 is 2.56 bits per heavy atom. The van der Waals surface area contributed by atoms with E-state index in [0.717, 1.165) is 6.07 Å². The van der Waals surface area contributed by atoms with Gasteiger partial charge in [-0.25, -0.2) is 0 Å². The molecule has 0 aliphatic heterocycles. The molecule has 0 fully saturated rings. The number of thiol groups is 1. The minimum absolute atomic E-state index is 0.0482. The monoisotopic (exact) mass is 264 g/mol. The van der Waals surface area contributed by atoms with Crippen molar-refractivity contribution < 1.29 is 13.2 Å². The smallest absolute Gasteiger partial charge is 0.178 e. The van der Waals surface area contributed by atoms with E-state index in [1.807, 2.05) is 0 Å². The van der Waals surface area contributed by atoms with Crippen LogP contribution in [0, 0.1) is 11.8 Å². The van der Waals surface area contributed by atoms with E-state index < -0.39 is 11.7 Å². The predicted octanol–water partition coefficient (Wildman–Crippen LogP) is 4.03. The summed E-state index contributed by atoms with van der Waals surface area (Å²) in [4.78, 5) is 0. The van der Waals surface area contributed by atoms with Crippen LogP contribution in [0.5, 0.6) is 0 Å². The van der Waals surface area contributed by atoms with Crippen LogP contribution in [-0.4, -0.2) is 5.75 Å². The second-order valence-corrected chi connectivity index (χ2v) is 3.85. The van der Waals surface area contributed by atoms with Gasteiger partial charge >= 0.3 is 6.18 Å². The molecule has 0 heterocycles. The normalized spacial score (nSPS) is 10.8. The first kappa shape index (κ1) is 13.3. The first-order chi connectivity index (χ1) is 7.45. The zero-order valence-electron chi connectivity index (χ0n) is 8.11. The van der Waals surface area contributed by atoms with E-state index >= 15 is 0 Å². The van der Waals surface area contributed by atoms with Gasteiger partial charge in [0, 0.05) is 22.8 Å². The summed E-state index contributed by atoms with van der Waals surface area (Å²) in [5.74, 6) is 5.60. The van der Waals surface area contributed by atoms with Crippen LogP contribution in [-0.2, 0) is 6.18 Å². The Labute approximate surface area is 102 Å². The fraction of sp³-hybridized carbons (Fsp3) is 0.273. The number of hydrogen-bond donors (Lipinski definition) is 1. The van der Waals surface area contributed by atoms with Crippen LogP contribution < -0.4 is 0 Å². The Morgan fingerprint density at radius 1 is 1.31 bits per heavy atom. The van der Waals surface area contributed by atoms with Crippen LogP contribution in [0.2, 0.25) is 5.02 Å². The van der Waals surface area contributed by atoms with Gasteiger partial charge in [-0.05, 0) is 18.2 Å². The molecular formula is C11H8ClF3S. The highest BCUT2D eigenvalue weighted by molar-refractivity contribution is 7.80. The molecule has 16 heavy (non-hydrogen) atoms. The molecule has 5 heteroatoms. The van der Waals surface area contributed by atoms with Gasteiger partial charge in [-0.3, -0.25) is 0 Å². The second-order valence-electron chi connectivity index (χ2n) is 2.96. The number of benzene rings is 1. The van der Waals surface area contributed by atoms with Crippen LogP contribution in [0.1, 0.15) is 17.5 Å². The van der Waals surface area contributed by atoms with E-state index in [4.69, 9.17) is 11.6 Å². The summed E-state index contributed by atoms with van der Waals surface area (Å²) in [6, 6.07) is 3.55. The third-order valence-electron chi connectivity index (χ3n) is 1.75. The zero-order chi connectivity index (χ0) is 12.2. The van der Waals surface area contributed by atoms with E-state index in [0.29, 0.717) is 12.2 Å². The lowest BCUT2D eigenvalue weighted by atomic mass is 10.1. The summed E-state index contributed by atoms with van der Waals surface area (Å²) in [6.07, 6.45) is -3.99. The van der Waals surface area contributed by atoms with Crippen molar-refractivity contribution in [2.75, 3.05) is 5.75 Å². The van der Waals surface area contributed by atoms with Gasteiger partial charge in [-0.2, -0.15) is 25.8 Å². The molecule has 0 aliphatic rings. The Balaban J connectivity index is 3.15. The summed E-state index contributed by atoms with van der Waals surface area (Å²) < 4.78 is 37.8. The lowest BCUT2D eigenvalue weighted by Crippen LogP contribution is -2.07. The van der Waals surface area contributed by atoms with Gasteiger partial charge in [0.05, 0.1) is 5.56 Å². The van der Waals surface area contributed by atoms with Gasteiger partial charge in [0.15, 0.2) is 0 Å². The van der Waals surface area contributed by atoms with E-state index in [1.54, 1.807) is 0 Å². The van der Waals surface area contributed by atoms with Gasteiger partial charge < -0.3 is 0 Å². The molecule has 1 rings (SSSR count). The Morgan fingerprint density at radius 2 is 2.00 bits per heavy atom. The number of alkyl halides is 3. The molecule has 0 spiro atoms. The van der Waals surface area contributed by atoms with Crippen LogP contribution in [0.25, 0.3) is 0 Å². The van der Waals surface area contributed by atoms with Gasteiger partial charge in [-0.15, -0.1) is 0 Å². The average Bonchev–Trinajstić information content (AvgIpc) is 2.19. The molecular weight excluding hydrogens is 257 g/mol. The van der Waals surface area contributed by atoms with E-state index in [1.165, 1.54) is 12.1 Å². The summed E-state index contributed by atoms with van der Waals surface area (Å²) in [6.45, 7) is 0. The minimum Gasteiger partial charge on any atom is -0.178 e. The van der Waals surface area contributed by atoms with Crippen LogP contribution in [0.15, 0.2) is 18.2 Å². The molecule has 0 saturated heterocycles. The third kappa shape index (κ3) is 3.66. The van der Waals surface area contributed by atoms with Gasteiger partial charge in [0.25, 0.3) is 0 Å². The van der Waals surface area contributed by atoms with Crippen molar-refractivity contribution in [3.63, 3.8) is 0 Å². The molecule has 1 aromatic carbocycles. The SMILES string of the molecule is FC(F)(F)c1cc(Cl)ccc1C#CCCS. The second kappa shape index (κ2) is 5.51. The molecule has 0 aliphatic carbocycles. The van der Waals surface area contributed by atoms with Crippen molar-refractivity contribution in [3.05, 3.63) is 34.3 Å². The van der Waals surface area contributed by atoms with E-state index in [-0.39, 0.29) is 10.6 Å². The molecule has 0 bridgehead atoms. The molecule has 0 saturated carbocycles. The highest BCUT2D eigenvalue weighted by atomic mass is 35.5. The van der Waals surface area contributed by atoms with E-state index in [9.17, 15) is 13.2 Å². The number of hydrogen-bond acceptors (Lipinski definition) is 1. The van der Waals surface area contributed by atoms with Crippen molar-refractivity contribution in [1.29, 1.82) is 0 Å². The lowest BCUT2D eigenvalue weighted by molar-refractivity contribution is -0.137. The molecule has 0 atom stereocenters. The van der Waals surface area contributed by atoms with Gasteiger partial charge in [0.1, 0.15) is 0 Å². The Hall–Kier alpha value is -0.790. The largest absolute Gasteiger partial charge is 0.417 e. The van der Waals surface area contributed by atoms with Crippen molar-refractivity contribution in [2.45, 2.75) is 12.6 Å².